The Morgan fingerprint density at radius 1 is 1.45 bits per heavy atom. The van der Waals surface area contributed by atoms with Gasteiger partial charge in [-0.05, 0) is 24.8 Å². The summed E-state index contributed by atoms with van der Waals surface area (Å²) >= 11 is 0. The molecule has 3 nitrogen and oxygen atoms in total. The van der Waals surface area contributed by atoms with Gasteiger partial charge in [-0.25, -0.2) is 8.78 Å². The van der Waals surface area contributed by atoms with Crippen molar-refractivity contribution < 1.29 is 18.7 Å². The van der Waals surface area contributed by atoms with Crippen LogP contribution in [0, 0.1) is 17.6 Å². The van der Waals surface area contributed by atoms with Gasteiger partial charge in [0, 0.05) is 24.8 Å². The van der Waals surface area contributed by atoms with E-state index in [0.29, 0.717) is 19.4 Å². The maximum Gasteiger partial charge on any atom is 0.230 e. The summed E-state index contributed by atoms with van der Waals surface area (Å²) in [5, 5.41) is 11.7. The molecule has 5 heteroatoms. The molecule has 1 unspecified atom stereocenters. The van der Waals surface area contributed by atoms with Gasteiger partial charge in [0.2, 0.25) is 5.91 Å². The number of aliphatic hydroxyl groups excluding tert-OH is 1. The minimum absolute atomic E-state index is 0.0157. The number of benzene rings is 1. The number of aliphatic hydroxyl groups is 1. The zero-order valence-corrected chi connectivity index (χ0v) is 11.5. The lowest BCUT2D eigenvalue weighted by atomic mass is 9.63. The molecule has 2 N–H and O–H groups in total. The van der Waals surface area contributed by atoms with Gasteiger partial charge in [0.25, 0.3) is 0 Å². The van der Waals surface area contributed by atoms with Gasteiger partial charge in [-0.3, -0.25) is 4.79 Å². The van der Waals surface area contributed by atoms with Crippen LogP contribution in [-0.4, -0.2) is 24.2 Å². The molecule has 0 aliphatic heterocycles. The van der Waals surface area contributed by atoms with E-state index >= 15 is 0 Å². The van der Waals surface area contributed by atoms with Crippen molar-refractivity contribution in [2.75, 3.05) is 13.2 Å². The molecule has 110 valence electrons. The standard InChI is InChI=1S/C15H19F2NO2/c1-10(9-19)8-18-14(20)15(5-2-6-15)12-4-3-11(16)7-13(12)17/h3-4,7,10,19H,2,5-6,8-9H2,1H3,(H,18,20). The van der Waals surface area contributed by atoms with E-state index in [2.05, 4.69) is 5.32 Å². The second kappa shape index (κ2) is 5.87. The van der Waals surface area contributed by atoms with Gasteiger partial charge in [0.05, 0.1) is 5.41 Å². The Balaban J connectivity index is 2.18. The quantitative estimate of drug-likeness (QED) is 0.869. The van der Waals surface area contributed by atoms with Crippen molar-refractivity contribution in [3.05, 3.63) is 35.4 Å². The number of rotatable bonds is 5. The maximum absolute atomic E-state index is 13.9. The van der Waals surface area contributed by atoms with Crippen LogP contribution in [-0.2, 0) is 10.2 Å². The van der Waals surface area contributed by atoms with E-state index in [9.17, 15) is 13.6 Å². The van der Waals surface area contributed by atoms with E-state index in [1.165, 1.54) is 12.1 Å². The van der Waals surface area contributed by atoms with Crippen molar-refractivity contribution in [3.8, 4) is 0 Å². The van der Waals surface area contributed by atoms with Crippen LogP contribution in [0.15, 0.2) is 18.2 Å². The van der Waals surface area contributed by atoms with Crippen molar-refractivity contribution in [1.82, 2.24) is 5.32 Å². The average Bonchev–Trinajstić information content (AvgIpc) is 2.37. The normalized spacial score (nSPS) is 18.2. The highest BCUT2D eigenvalue weighted by Gasteiger charge is 2.47. The Morgan fingerprint density at radius 3 is 2.65 bits per heavy atom. The second-order valence-corrected chi connectivity index (χ2v) is 5.56. The first-order chi connectivity index (χ1) is 9.49. The van der Waals surface area contributed by atoms with E-state index < -0.39 is 17.0 Å². The Labute approximate surface area is 117 Å². The van der Waals surface area contributed by atoms with E-state index in [1.807, 2.05) is 6.92 Å². The third-order valence-corrected chi connectivity index (χ3v) is 4.01. The third kappa shape index (κ3) is 2.68. The van der Waals surface area contributed by atoms with Crippen LogP contribution in [0.5, 0.6) is 0 Å². The smallest absolute Gasteiger partial charge is 0.230 e. The average molecular weight is 283 g/mol. The fourth-order valence-corrected chi connectivity index (χ4v) is 2.53. The number of halogens is 2. The predicted molar refractivity (Wildman–Crippen MR) is 71.1 cm³/mol. The van der Waals surface area contributed by atoms with Gasteiger partial charge in [0.15, 0.2) is 0 Å². The SMILES string of the molecule is CC(CO)CNC(=O)C1(c2ccc(F)cc2F)CCC1. The van der Waals surface area contributed by atoms with Gasteiger partial charge >= 0.3 is 0 Å². The number of hydrogen-bond acceptors (Lipinski definition) is 2. The number of carbonyl (C=O) groups is 1. The summed E-state index contributed by atoms with van der Waals surface area (Å²) < 4.78 is 26.9. The fourth-order valence-electron chi connectivity index (χ4n) is 2.53. The fraction of sp³-hybridized carbons (Fsp3) is 0.533. The molecule has 0 aromatic heterocycles. The molecule has 1 aromatic carbocycles. The lowest BCUT2D eigenvalue weighted by Crippen LogP contribution is -2.50. The zero-order chi connectivity index (χ0) is 14.8. The summed E-state index contributed by atoms with van der Waals surface area (Å²) in [6, 6.07) is 3.36. The molecule has 1 saturated carbocycles. The van der Waals surface area contributed by atoms with Gasteiger partial charge in [-0.15, -0.1) is 0 Å². The lowest BCUT2D eigenvalue weighted by Gasteiger charge is -2.41. The molecular formula is C15H19F2NO2. The van der Waals surface area contributed by atoms with Gasteiger partial charge < -0.3 is 10.4 Å². The molecule has 1 aliphatic carbocycles. The largest absolute Gasteiger partial charge is 0.396 e. The Morgan fingerprint density at radius 2 is 2.15 bits per heavy atom. The number of carbonyl (C=O) groups excluding carboxylic acids is 1. The lowest BCUT2D eigenvalue weighted by molar-refractivity contribution is -0.130. The highest BCUT2D eigenvalue weighted by molar-refractivity contribution is 5.89. The minimum atomic E-state index is -0.882. The Hall–Kier alpha value is -1.49. The summed E-state index contributed by atoms with van der Waals surface area (Å²) in [5.74, 6) is -1.60. The summed E-state index contributed by atoms with van der Waals surface area (Å²) in [6.07, 6.45) is 1.98. The summed E-state index contributed by atoms with van der Waals surface area (Å²) in [5.41, 5.74) is -0.619. The van der Waals surface area contributed by atoms with Crippen molar-refractivity contribution in [2.24, 2.45) is 5.92 Å². The third-order valence-electron chi connectivity index (χ3n) is 4.01. The van der Waals surface area contributed by atoms with Crippen LogP contribution in [0.4, 0.5) is 8.78 Å². The molecular weight excluding hydrogens is 264 g/mol. The first-order valence-corrected chi connectivity index (χ1v) is 6.84. The van der Waals surface area contributed by atoms with Crippen molar-refractivity contribution in [2.45, 2.75) is 31.6 Å². The highest BCUT2D eigenvalue weighted by atomic mass is 19.1. The van der Waals surface area contributed by atoms with Crippen LogP contribution in [0.1, 0.15) is 31.7 Å². The Kier molecular flexibility index (Phi) is 4.38. The van der Waals surface area contributed by atoms with Gasteiger partial charge in [-0.1, -0.05) is 19.4 Å². The highest BCUT2D eigenvalue weighted by Crippen LogP contribution is 2.45. The summed E-state index contributed by atoms with van der Waals surface area (Å²) in [6.45, 7) is 2.14. The first kappa shape index (κ1) is 14.9. The molecule has 0 radical (unpaired) electrons. The van der Waals surface area contributed by atoms with Crippen molar-refractivity contribution >= 4 is 5.91 Å². The van der Waals surface area contributed by atoms with E-state index in [0.717, 1.165) is 12.5 Å². The molecule has 1 aromatic rings. The molecule has 2 rings (SSSR count). The van der Waals surface area contributed by atoms with Crippen LogP contribution >= 0.6 is 0 Å². The topological polar surface area (TPSA) is 49.3 Å². The molecule has 1 aliphatic rings. The maximum atomic E-state index is 13.9. The van der Waals surface area contributed by atoms with Crippen LogP contribution in [0.3, 0.4) is 0 Å². The molecule has 0 bridgehead atoms. The minimum Gasteiger partial charge on any atom is -0.396 e. The molecule has 1 amide bonds. The molecule has 0 heterocycles. The van der Waals surface area contributed by atoms with Crippen LogP contribution < -0.4 is 5.32 Å². The van der Waals surface area contributed by atoms with Crippen molar-refractivity contribution in [1.29, 1.82) is 0 Å². The second-order valence-electron chi connectivity index (χ2n) is 5.56. The van der Waals surface area contributed by atoms with Crippen molar-refractivity contribution in [3.63, 3.8) is 0 Å². The predicted octanol–water partition coefficient (Wildman–Crippen LogP) is 2.13. The molecule has 20 heavy (non-hydrogen) atoms. The number of hydrogen-bond donors (Lipinski definition) is 2. The molecule has 1 fully saturated rings. The Bertz CT molecular complexity index is 501. The van der Waals surface area contributed by atoms with E-state index in [1.54, 1.807) is 0 Å². The van der Waals surface area contributed by atoms with E-state index in [-0.39, 0.29) is 24.0 Å². The van der Waals surface area contributed by atoms with Gasteiger partial charge in [-0.2, -0.15) is 0 Å². The molecule has 0 spiro atoms. The number of nitrogens with one attached hydrogen (secondary N) is 1. The first-order valence-electron chi connectivity index (χ1n) is 6.84. The summed E-state index contributed by atoms with van der Waals surface area (Å²) in [4.78, 5) is 12.4. The molecule has 1 atom stereocenters. The summed E-state index contributed by atoms with van der Waals surface area (Å²) in [7, 11) is 0. The zero-order valence-electron chi connectivity index (χ0n) is 11.5. The molecule has 0 saturated heterocycles. The van der Waals surface area contributed by atoms with Crippen LogP contribution in [0.25, 0.3) is 0 Å². The van der Waals surface area contributed by atoms with E-state index in [4.69, 9.17) is 5.11 Å². The van der Waals surface area contributed by atoms with Crippen LogP contribution in [0.2, 0.25) is 0 Å². The monoisotopic (exact) mass is 283 g/mol. The van der Waals surface area contributed by atoms with Gasteiger partial charge in [0.1, 0.15) is 11.6 Å². The number of amides is 1.